The van der Waals surface area contributed by atoms with E-state index in [9.17, 15) is 0 Å². The van der Waals surface area contributed by atoms with Crippen LogP contribution in [0.2, 0.25) is 5.02 Å². The maximum Gasteiger partial charge on any atom is 0.256 e. The Balaban J connectivity index is 1.34. The normalized spacial score (nSPS) is 18.7. The zero-order chi connectivity index (χ0) is 17.1. The number of nitrogens with zero attached hydrogens (tertiary/aromatic N) is 2. The monoisotopic (exact) mass is 374 g/mol. The van der Waals surface area contributed by atoms with Crippen molar-refractivity contribution >= 4 is 34.5 Å². The molecule has 1 saturated heterocycles. The highest BCUT2D eigenvalue weighted by molar-refractivity contribution is 7.99. The second-order valence-corrected chi connectivity index (χ2v) is 7.46. The second kappa shape index (κ2) is 7.79. The minimum absolute atomic E-state index is 0.163. The van der Waals surface area contributed by atoms with Crippen LogP contribution in [-0.2, 0) is 11.3 Å². The Kier molecular flexibility index (Phi) is 5.27. The van der Waals surface area contributed by atoms with Crippen molar-refractivity contribution in [3.05, 3.63) is 59.1 Å². The van der Waals surface area contributed by atoms with E-state index in [1.54, 1.807) is 11.8 Å². The van der Waals surface area contributed by atoms with Crippen molar-refractivity contribution < 1.29 is 9.15 Å². The molecular formula is C19H19ClN2O2S. The van der Waals surface area contributed by atoms with Crippen LogP contribution < -0.4 is 0 Å². The van der Waals surface area contributed by atoms with Gasteiger partial charge in [-0.15, -0.1) is 0 Å². The van der Waals surface area contributed by atoms with Crippen LogP contribution in [0.25, 0.3) is 11.1 Å². The van der Waals surface area contributed by atoms with E-state index < -0.39 is 0 Å². The fraction of sp³-hybridized carbons (Fsp3) is 0.316. The third kappa shape index (κ3) is 4.18. The quantitative estimate of drug-likeness (QED) is 0.616. The topological polar surface area (TPSA) is 38.5 Å². The SMILES string of the molecule is Clc1ccccc1CN1CCO[C@H](CSc2nc3ccccc3o2)C1. The van der Waals surface area contributed by atoms with Gasteiger partial charge in [-0.3, -0.25) is 4.90 Å². The van der Waals surface area contributed by atoms with Gasteiger partial charge in [-0.1, -0.05) is 53.7 Å². The first-order valence-corrected chi connectivity index (χ1v) is 9.70. The molecule has 0 radical (unpaired) electrons. The second-order valence-electron chi connectivity index (χ2n) is 6.08. The maximum atomic E-state index is 6.28. The van der Waals surface area contributed by atoms with Crippen molar-refractivity contribution in [3.8, 4) is 0 Å². The van der Waals surface area contributed by atoms with E-state index in [1.165, 1.54) is 0 Å². The van der Waals surface area contributed by atoms with Crippen LogP contribution in [-0.4, -0.2) is 41.4 Å². The van der Waals surface area contributed by atoms with Gasteiger partial charge in [0.2, 0.25) is 0 Å². The highest BCUT2D eigenvalue weighted by Crippen LogP contribution is 2.25. The van der Waals surface area contributed by atoms with Crippen molar-refractivity contribution in [1.82, 2.24) is 9.88 Å². The minimum atomic E-state index is 0.163. The molecule has 0 unspecified atom stereocenters. The number of halogens is 1. The van der Waals surface area contributed by atoms with Gasteiger partial charge < -0.3 is 9.15 Å². The first-order chi connectivity index (χ1) is 12.3. The molecule has 1 atom stereocenters. The van der Waals surface area contributed by atoms with Gasteiger partial charge in [-0.25, -0.2) is 4.98 Å². The zero-order valence-electron chi connectivity index (χ0n) is 13.7. The molecule has 0 saturated carbocycles. The number of hydrogen-bond acceptors (Lipinski definition) is 5. The molecule has 1 aromatic heterocycles. The van der Waals surface area contributed by atoms with Gasteiger partial charge in [0.15, 0.2) is 5.58 Å². The molecule has 1 aliphatic rings. The summed E-state index contributed by atoms with van der Waals surface area (Å²) in [7, 11) is 0. The molecule has 0 N–H and O–H groups in total. The van der Waals surface area contributed by atoms with E-state index in [4.69, 9.17) is 20.8 Å². The van der Waals surface area contributed by atoms with E-state index in [-0.39, 0.29) is 6.10 Å². The standard InChI is InChI=1S/C19H19ClN2O2S/c20-16-6-2-1-5-14(16)11-22-9-10-23-15(12-22)13-25-19-21-17-7-3-4-8-18(17)24-19/h1-8,15H,9-13H2/t15-/m0/s1. The molecule has 0 amide bonds. The molecule has 0 spiro atoms. The number of benzene rings is 2. The van der Waals surface area contributed by atoms with Gasteiger partial charge in [0.25, 0.3) is 5.22 Å². The lowest BCUT2D eigenvalue weighted by Crippen LogP contribution is -2.43. The average Bonchev–Trinajstić information content (AvgIpc) is 3.05. The fourth-order valence-corrected chi connectivity index (χ4v) is 4.01. The van der Waals surface area contributed by atoms with Crippen LogP contribution in [0.1, 0.15) is 5.56 Å². The van der Waals surface area contributed by atoms with Crippen molar-refractivity contribution in [3.63, 3.8) is 0 Å². The number of rotatable bonds is 5. The van der Waals surface area contributed by atoms with Crippen molar-refractivity contribution in [1.29, 1.82) is 0 Å². The molecule has 2 aromatic carbocycles. The Labute approximate surface area is 156 Å². The molecule has 0 aliphatic carbocycles. The van der Waals surface area contributed by atoms with Gasteiger partial charge in [0.1, 0.15) is 5.52 Å². The summed E-state index contributed by atoms with van der Waals surface area (Å²) in [6.45, 7) is 3.41. The Bertz CT molecular complexity index is 821. The van der Waals surface area contributed by atoms with Crippen molar-refractivity contribution in [2.24, 2.45) is 0 Å². The molecule has 4 rings (SSSR count). The largest absolute Gasteiger partial charge is 0.431 e. The molecule has 1 fully saturated rings. The lowest BCUT2D eigenvalue weighted by Gasteiger charge is -2.32. The van der Waals surface area contributed by atoms with Crippen LogP contribution in [0, 0.1) is 0 Å². The number of para-hydroxylation sites is 2. The highest BCUT2D eigenvalue weighted by Gasteiger charge is 2.22. The van der Waals surface area contributed by atoms with Crippen molar-refractivity contribution in [2.75, 3.05) is 25.4 Å². The molecule has 4 nitrogen and oxygen atoms in total. The smallest absolute Gasteiger partial charge is 0.256 e. The van der Waals surface area contributed by atoms with Crippen LogP contribution in [0.3, 0.4) is 0 Å². The molecule has 6 heteroatoms. The lowest BCUT2D eigenvalue weighted by molar-refractivity contribution is -0.0187. The summed E-state index contributed by atoms with van der Waals surface area (Å²) in [4.78, 5) is 6.90. The summed E-state index contributed by atoms with van der Waals surface area (Å²) < 4.78 is 11.7. The predicted octanol–water partition coefficient (Wildman–Crippen LogP) is 4.47. The third-order valence-electron chi connectivity index (χ3n) is 4.24. The molecule has 3 aromatic rings. The first kappa shape index (κ1) is 16.9. The van der Waals surface area contributed by atoms with E-state index in [0.717, 1.165) is 53.7 Å². The van der Waals surface area contributed by atoms with Gasteiger partial charge in [0, 0.05) is 30.4 Å². The molecule has 25 heavy (non-hydrogen) atoms. The Morgan fingerprint density at radius 3 is 2.88 bits per heavy atom. The van der Waals surface area contributed by atoms with E-state index >= 15 is 0 Å². The summed E-state index contributed by atoms with van der Waals surface area (Å²) in [6.07, 6.45) is 0.163. The number of ether oxygens (including phenoxy) is 1. The van der Waals surface area contributed by atoms with E-state index in [0.29, 0.717) is 5.22 Å². The Morgan fingerprint density at radius 1 is 1.16 bits per heavy atom. The number of hydrogen-bond donors (Lipinski definition) is 0. The van der Waals surface area contributed by atoms with Crippen LogP contribution in [0.5, 0.6) is 0 Å². The number of thioether (sulfide) groups is 1. The summed E-state index contributed by atoms with van der Waals surface area (Å²) >= 11 is 7.89. The summed E-state index contributed by atoms with van der Waals surface area (Å²) in [5.41, 5.74) is 2.89. The maximum absolute atomic E-state index is 6.28. The molecule has 0 bridgehead atoms. The minimum Gasteiger partial charge on any atom is -0.431 e. The van der Waals surface area contributed by atoms with Gasteiger partial charge in [-0.05, 0) is 23.8 Å². The van der Waals surface area contributed by atoms with Crippen LogP contribution in [0.15, 0.2) is 58.2 Å². The number of aromatic nitrogens is 1. The van der Waals surface area contributed by atoms with Crippen molar-refractivity contribution in [2.45, 2.75) is 17.9 Å². The van der Waals surface area contributed by atoms with Gasteiger partial charge in [0.05, 0.1) is 12.7 Å². The van der Waals surface area contributed by atoms with E-state index in [1.807, 2.05) is 42.5 Å². The summed E-state index contributed by atoms with van der Waals surface area (Å²) in [6, 6.07) is 15.8. The number of oxazole rings is 1. The van der Waals surface area contributed by atoms with Gasteiger partial charge in [-0.2, -0.15) is 0 Å². The Morgan fingerprint density at radius 2 is 2.00 bits per heavy atom. The van der Waals surface area contributed by atoms with Gasteiger partial charge >= 0.3 is 0 Å². The lowest BCUT2D eigenvalue weighted by atomic mass is 10.2. The fourth-order valence-electron chi connectivity index (χ4n) is 2.97. The molecular weight excluding hydrogens is 356 g/mol. The Hall–Kier alpha value is -1.53. The molecule has 1 aliphatic heterocycles. The first-order valence-electron chi connectivity index (χ1n) is 8.34. The molecule has 2 heterocycles. The molecule has 130 valence electrons. The predicted molar refractivity (Wildman–Crippen MR) is 101 cm³/mol. The van der Waals surface area contributed by atoms with Crippen LogP contribution in [0.4, 0.5) is 0 Å². The summed E-state index contributed by atoms with van der Waals surface area (Å²) in [5.74, 6) is 0.825. The number of fused-ring (bicyclic) bond motifs is 1. The zero-order valence-corrected chi connectivity index (χ0v) is 15.3. The third-order valence-corrected chi connectivity index (χ3v) is 5.57. The highest BCUT2D eigenvalue weighted by atomic mass is 35.5. The number of morpholine rings is 1. The average molecular weight is 375 g/mol. The van der Waals surface area contributed by atoms with E-state index in [2.05, 4.69) is 16.0 Å². The van der Waals surface area contributed by atoms with Crippen LogP contribution >= 0.6 is 23.4 Å². The summed E-state index contributed by atoms with van der Waals surface area (Å²) in [5, 5.41) is 1.53.